The molecule has 0 aromatic heterocycles. The molecule has 1 aromatic rings. The Labute approximate surface area is 114 Å². The molecular weight excluding hydrogens is 286 g/mol. The molecule has 0 saturated heterocycles. The fourth-order valence-electron chi connectivity index (χ4n) is 0.931. The van der Waals surface area contributed by atoms with E-state index < -0.39 is 0 Å². The Morgan fingerprint density at radius 3 is 2.06 bits per heavy atom. The lowest BCUT2D eigenvalue weighted by molar-refractivity contribution is 0.839. The van der Waals surface area contributed by atoms with Crippen molar-refractivity contribution >= 4 is 53.2 Å². The van der Waals surface area contributed by atoms with E-state index in [9.17, 15) is 0 Å². The van der Waals surface area contributed by atoms with Gasteiger partial charge in [-0.1, -0.05) is 23.2 Å². The molecule has 94 valence electrons. The fraction of sp³-hybridized carbons (Fsp3) is 0. The normalized spacial score (nSPS) is 8.82. The number of benzene rings is 1. The maximum atomic E-state index is 7.44. The molecule has 0 atom stereocenters. The van der Waals surface area contributed by atoms with Crippen LogP contribution in [0.2, 0.25) is 10.0 Å². The van der Waals surface area contributed by atoms with Crippen molar-refractivity contribution in [2.75, 3.05) is 5.32 Å². The molecule has 0 radical (unpaired) electrons. The van der Waals surface area contributed by atoms with Gasteiger partial charge in [0.2, 0.25) is 11.9 Å². The summed E-state index contributed by atoms with van der Waals surface area (Å²) in [6.07, 6.45) is 0. The molecule has 0 bridgehead atoms. The number of rotatable bonds is 1. The van der Waals surface area contributed by atoms with Crippen LogP contribution < -0.4 is 21.9 Å². The summed E-state index contributed by atoms with van der Waals surface area (Å²) in [5.74, 6) is -0.385. The average molecular weight is 298 g/mol. The third kappa shape index (κ3) is 6.06. The number of guanidine groups is 2. The Bertz CT molecular complexity index is 401. The Morgan fingerprint density at radius 1 is 1.06 bits per heavy atom. The summed E-state index contributed by atoms with van der Waals surface area (Å²) in [4.78, 5) is 0. The number of hydrogen-bond donors (Lipinski definition) is 6. The highest BCUT2D eigenvalue weighted by atomic mass is 35.5. The maximum Gasteiger partial charge on any atom is 0.212 e. The van der Waals surface area contributed by atoms with Crippen molar-refractivity contribution in [1.82, 2.24) is 10.9 Å². The smallest absolute Gasteiger partial charge is 0.212 e. The summed E-state index contributed by atoms with van der Waals surface area (Å²) in [5.41, 5.74) is 10.2. The summed E-state index contributed by atoms with van der Waals surface area (Å²) in [6.45, 7) is 0. The topological polar surface area (TPSA) is 110 Å². The van der Waals surface area contributed by atoms with E-state index in [4.69, 9.17) is 39.8 Å². The number of hydrazine groups is 1. The standard InChI is InChI=1S/C8H10Cl2N6.ClH/c9-4-1-5(10)3-6(2-4)14-8(13)16-15-7(11)12;/h1-3H,(H4,11,12,15)(H3,13,14,16);1H. The van der Waals surface area contributed by atoms with Crippen molar-refractivity contribution in [3.63, 3.8) is 0 Å². The van der Waals surface area contributed by atoms with Gasteiger partial charge in [-0.15, -0.1) is 12.4 Å². The first-order valence-electron chi connectivity index (χ1n) is 4.15. The Morgan fingerprint density at radius 2 is 1.59 bits per heavy atom. The minimum Gasteiger partial charge on any atom is -0.369 e. The molecule has 0 saturated carbocycles. The Hall–Kier alpha value is -1.37. The van der Waals surface area contributed by atoms with Gasteiger partial charge in [0.15, 0.2) is 0 Å². The molecule has 1 aromatic carbocycles. The van der Waals surface area contributed by atoms with E-state index in [-0.39, 0.29) is 24.3 Å². The van der Waals surface area contributed by atoms with Gasteiger partial charge in [0, 0.05) is 15.7 Å². The minimum absolute atomic E-state index is 0. The molecule has 6 nitrogen and oxygen atoms in total. The summed E-state index contributed by atoms with van der Waals surface area (Å²) < 4.78 is 0. The van der Waals surface area contributed by atoms with Crippen LogP contribution in [0.3, 0.4) is 0 Å². The van der Waals surface area contributed by atoms with Crippen molar-refractivity contribution in [2.45, 2.75) is 0 Å². The van der Waals surface area contributed by atoms with E-state index >= 15 is 0 Å². The van der Waals surface area contributed by atoms with Crippen LogP contribution in [0.5, 0.6) is 0 Å². The lowest BCUT2D eigenvalue weighted by Crippen LogP contribution is -2.47. The van der Waals surface area contributed by atoms with Gasteiger partial charge in [-0.3, -0.25) is 21.7 Å². The third-order valence-corrected chi connectivity index (χ3v) is 1.89. The highest BCUT2D eigenvalue weighted by Crippen LogP contribution is 2.22. The molecular formula is C8H11Cl3N6. The van der Waals surface area contributed by atoms with Crippen LogP contribution in [-0.2, 0) is 0 Å². The molecule has 7 N–H and O–H groups in total. The lowest BCUT2D eigenvalue weighted by Gasteiger charge is -2.11. The highest BCUT2D eigenvalue weighted by Gasteiger charge is 2.00. The molecule has 0 amide bonds. The van der Waals surface area contributed by atoms with Crippen LogP contribution in [-0.4, -0.2) is 11.9 Å². The van der Waals surface area contributed by atoms with Gasteiger partial charge in [-0.25, -0.2) is 0 Å². The lowest BCUT2D eigenvalue weighted by atomic mass is 10.3. The van der Waals surface area contributed by atoms with Crippen LogP contribution in [0.1, 0.15) is 0 Å². The summed E-state index contributed by atoms with van der Waals surface area (Å²) in [5, 5.41) is 17.9. The van der Waals surface area contributed by atoms with Crippen LogP contribution in [0.15, 0.2) is 18.2 Å². The zero-order valence-corrected chi connectivity index (χ0v) is 10.8. The first-order chi connectivity index (χ1) is 7.47. The van der Waals surface area contributed by atoms with E-state index in [1.54, 1.807) is 18.2 Å². The second-order valence-corrected chi connectivity index (χ2v) is 3.69. The zero-order valence-electron chi connectivity index (χ0n) is 8.47. The molecule has 0 unspecified atom stereocenters. The second-order valence-electron chi connectivity index (χ2n) is 2.82. The van der Waals surface area contributed by atoms with Gasteiger partial charge >= 0.3 is 0 Å². The van der Waals surface area contributed by atoms with Gasteiger partial charge in [0.05, 0.1) is 0 Å². The van der Waals surface area contributed by atoms with Crippen LogP contribution in [0.25, 0.3) is 0 Å². The fourth-order valence-corrected chi connectivity index (χ4v) is 1.46. The maximum absolute atomic E-state index is 7.44. The van der Waals surface area contributed by atoms with Gasteiger partial charge in [0.1, 0.15) is 0 Å². The Kier molecular flexibility index (Phi) is 6.48. The van der Waals surface area contributed by atoms with Crippen molar-refractivity contribution in [3.05, 3.63) is 28.2 Å². The van der Waals surface area contributed by atoms with E-state index in [0.29, 0.717) is 15.7 Å². The molecule has 0 fully saturated rings. The molecule has 0 spiro atoms. The predicted molar refractivity (Wildman–Crippen MR) is 73.2 cm³/mol. The van der Waals surface area contributed by atoms with Crippen LogP contribution in [0.4, 0.5) is 5.69 Å². The van der Waals surface area contributed by atoms with Gasteiger partial charge in [-0.2, -0.15) is 0 Å². The second kappa shape index (κ2) is 7.05. The molecule has 0 aliphatic heterocycles. The number of nitrogens with two attached hydrogens (primary N) is 1. The van der Waals surface area contributed by atoms with E-state index in [1.165, 1.54) is 0 Å². The van der Waals surface area contributed by atoms with E-state index in [0.717, 1.165) is 0 Å². The minimum atomic E-state index is -0.296. The third-order valence-electron chi connectivity index (χ3n) is 1.45. The Balaban J connectivity index is 0.00000256. The monoisotopic (exact) mass is 296 g/mol. The first kappa shape index (κ1) is 15.6. The summed E-state index contributed by atoms with van der Waals surface area (Å²) >= 11 is 11.6. The van der Waals surface area contributed by atoms with Crippen molar-refractivity contribution in [3.8, 4) is 0 Å². The van der Waals surface area contributed by atoms with Crippen LogP contribution >= 0.6 is 35.6 Å². The van der Waals surface area contributed by atoms with Crippen LogP contribution in [0, 0.1) is 10.8 Å². The van der Waals surface area contributed by atoms with Crippen molar-refractivity contribution < 1.29 is 0 Å². The molecule has 0 heterocycles. The molecule has 9 heteroatoms. The molecule has 0 aliphatic carbocycles. The first-order valence-corrected chi connectivity index (χ1v) is 4.90. The molecule has 1 rings (SSSR count). The number of anilines is 1. The highest BCUT2D eigenvalue weighted by molar-refractivity contribution is 6.35. The number of hydrogen-bond acceptors (Lipinski definition) is 2. The van der Waals surface area contributed by atoms with Crippen molar-refractivity contribution in [2.24, 2.45) is 5.73 Å². The van der Waals surface area contributed by atoms with Gasteiger partial charge < -0.3 is 11.1 Å². The summed E-state index contributed by atoms with van der Waals surface area (Å²) in [7, 11) is 0. The van der Waals surface area contributed by atoms with Crippen molar-refractivity contribution in [1.29, 1.82) is 10.8 Å². The average Bonchev–Trinajstić information content (AvgIpc) is 2.12. The zero-order chi connectivity index (χ0) is 12.1. The quantitative estimate of drug-likeness (QED) is 0.269. The molecule has 17 heavy (non-hydrogen) atoms. The number of halogens is 3. The predicted octanol–water partition coefficient (Wildman–Crippen LogP) is 1.75. The van der Waals surface area contributed by atoms with Gasteiger partial charge in [0.25, 0.3) is 0 Å². The van der Waals surface area contributed by atoms with Gasteiger partial charge in [-0.05, 0) is 18.2 Å². The summed E-state index contributed by atoms with van der Waals surface area (Å²) in [6, 6.07) is 4.80. The SMILES string of the molecule is Cl.N=C(N)NNC(=N)Nc1cc(Cl)cc(Cl)c1. The number of nitrogens with one attached hydrogen (secondary N) is 5. The largest absolute Gasteiger partial charge is 0.369 e. The van der Waals surface area contributed by atoms with E-state index in [1.807, 2.05) is 0 Å². The van der Waals surface area contributed by atoms with E-state index in [2.05, 4.69) is 16.2 Å². The molecule has 0 aliphatic rings.